The van der Waals surface area contributed by atoms with Gasteiger partial charge in [-0.05, 0) is 30.2 Å². The van der Waals surface area contributed by atoms with Crippen molar-refractivity contribution in [3.63, 3.8) is 0 Å². The van der Waals surface area contributed by atoms with Crippen LogP contribution >= 0.6 is 0 Å². The Balaban J connectivity index is 2.40. The highest BCUT2D eigenvalue weighted by molar-refractivity contribution is 6.08. The molecule has 0 saturated heterocycles. The number of hydrogen-bond acceptors (Lipinski definition) is 5. The van der Waals surface area contributed by atoms with E-state index in [2.05, 4.69) is 4.99 Å². The Labute approximate surface area is 103 Å². The van der Waals surface area contributed by atoms with Crippen LogP contribution in [0.1, 0.15) is 19.4 Å². The summed E-state index contributed by atoms with van der Waals surface area (Å²) in [6, 6.07) is 5.93. The second-order valence-corrected chi connectivity index (χ2v) is 3.80. The van der Waals surface area contributed by atoms with Crippen molar-refractivity contribution < 1.29 is 14.5 Å². The van der Waals surface area contributed by atoms with Crippen molar-refractivity contribution in [3.8, 4) is 0 Å². The van der Waals surface area contributed by atoms with Gasteiger partial charge in [0.1, 0.15) is 0 Å². The van der Waals surface area contributed by atoms with Crippen LogP contribution in [-0.4, -0.2) is 16.8 Å². The van der Waals surface area contributed by atoms with Crippen LogP contribution in [-0.2, 0) is 9.53 Å². The molecule has 0 bridgehead atoms. The standard InChI is InChI=1S/C12H10N2O4/c1-7(11-12(15)18-8(2)13-11)9-3-5-10(6-4-9)14(16)17/h3-6H,1-2H3/b11-7-. The highest BCUT2D eigenvalue weighted by atomic mass is 16.6. The molecule has 0 aliphatic carbocycles. The van der Waals surface area contributed by atoms with E-state index in [1.54, 1.807) is 26.0 Å². The van der Waals surface area contributed by atoms with Gasteiger partial charge in [-0.1, -0.05) is 0 Å². The zero-order chi connectivity index (χ0) is 13.3. The van der Waals surface area contributed by atoms with E-state index in [0.717, 1.165) is 0 Å². The molecule has 0 saturated carbocycles. The Morgan fingerprint density at radius 2 is 1.94 bits per heavy atom. The third-order valence-electron chi connectivity index (χ3n) is 2.57. The summed E-state index contributed by atoms with van der Waals surface area (Å²) in [6.45, 7) is 3.31. The lowest BCUT2D eigenvalue weighted by Crippen LogP contribution is -2.01. The van der Waals surface area contributed by atoms with E-state index in [0.29, 0.717) is 17.0 Å². The SMILES string of the molecule is CC1=N/C(=C(/C)c2ccc([N+](=O)[O-])cc2)C(=O)O1. The molecule has 0 aromatic heterocycles. The predicted octanol–water partition coefficient (Wildman–Crippen LogP) is 2.30. The number of non-ortho nitro benzene ring substituents is 1. The number of nitrogens with zero attached hydrogens (tertiary/aromatic N) is 2. The van der Waals surface area contributed by atoms with Crippen molar-refractivity contribution in [3.05, 3.63) is 45.6 Å². The number of cyclic esters (lactones) is 1. The molecule has 0 unspecified atom stereocenters. The third-order valence-corrected chi connectivity index (χ3v) is 2.57. The van der Waals surface area contributed by atoms with Gasteiger partial charge in [0.05, 0.1) is 4.92 Å². The summed E-state index contributed by atoms with van der Waals surface area (Å²) in [6.07, 6.45) is 0. The Bertz CT molecular complexity index is 585. The summed E-state index contributed by atoms with van der Waals surface area (Å²) < 4.78 is 4.82. The minimum atomic E-state index is -0.497. The normalized spacial score (nSPS) is 17.2. The summed E-state index contributed by atoms with van der Waals surface area (Å²) in [5.74, 6) is -0.195. The number of rotatable bonds is 2. The zero-order valence-corrected chi connectivity index (χ0v) is 9.84. The van der Waals surface area contributed by atoms with Crippen LogP contribution in [0.25, 0.3) is 5.57 Å². The van der Waals surface area contributed by atoms with Gasteiger partial charge in [-0.25, -0.2) is 9.79 Å². The van der Waals surface area contributed by atoms with Crippen molar-refractivity contribution in [2.75, 3.05) is 0 Å². The molecular weight excluding hydrogens is 236 g/mol. The van der Waals surface area contributed by atoms with Crippen LogP contribution in [0.2, 0.25) is 0 Å². The first-order valence-electron chi connectivity index (χ1n) is 5.22. The Morgan fingerprint density at radius 1 is 1.33 bits per heavy atom. The predicted molar refractivity (Wildman–Crippen MR) is 64.9 cm³/mol. The lowest BCUT2D eigenvalue weighted by atomic mass is 10.1. The fourth-order valence-electron chi connectivity index (χ4n) is 1.62. The van der Waals surface area contributed by atoms with Gasteiger partial charge in [0.25, 0.3) is 5.69 Å². The summed E-state index contributed by atoms with van der Waals surface area (Å²) in [7, 11) is 0. The fourth-order valence-corrected chi connectivity index (χ4v) is 1.62. The van der Waals surface area contributed by atoms with E-state index >= 15 is 0 Å². The van der Waals surface area contributed by atoms with E-state index in [1.165, 1.54) is 12.1 Å². The van der Waals surface area contributed by atoms with Gasteiger partial charge >= 0.3 is 5.97 Å². The summed E-state index contributed by atoms with van der Waals surface area (Å²) in [5.41, 5.74) is 1.57. The Kier molecular flexibility index (Phi) is 2.93. The molecule has 1 aromatic rings. The van der Waals surface area contributed by atoms with E-state index in [-0.39, 0.29) is 11.4 Å². The number of carbonyl (C=O) groups excluding carboxylic acids is 1. The van der Waals surface area contributed by atoms with Crippen molar-refractivity contribution in [1.82, 2.24) is 0 Å². The minimum Gasteiger partial charge on any atom is -0.407 e. The van der Waals surface area contributed by atoms with Crippen LogP contribution in [0.15, 0.2) is 35.0 Å². The number of nitro benzene ring substituents is 1. The molecular formula is C12H10N2O4. The van der Waals surface area contributed by atoms with Crippen molar-refractivity contribution in [2.24, 2.45) is 4.99 Å². The largest absolute Gasteiger partial charge is 0.407 e. The van der Waals surface area contributed by atoms with Crippen molar-refractivity contribution in [1.29, 1.82) is 0 Å². The highest BCUT2D eigenvalue weighted by Crippen LogP contribution is 2.25. The maximum Gasteiger partial charge on any atom is 0.363 e. The maximum absolute atomic E-state index is 11.5. The molecule has 18 heavy (non-hydrogen) atoms. The van der Waals surface area contributed by atoms with Crippen LogP contribution in [0.4, 0.5) is 5.69 Å². The molecule has 0 radical (unpaired) electrons. The van der Waals surface area contributed by atoms with Gasteiger partial charge < -0.3 is 4.74 Å². The van der Waals surface area contributed by atoms with Crippen LogP contribution in [0.5, 0.6) is 0 Å². The molecule has 92 valence electrons. The first kappa shape index (κ1) is 12.0. The van der Waals surface area contributed by atoms with Gasteiger partial charge in [-0.2, -0.15) is 0 Å². The summed E-state index contributed by atoms with van der Waals surface area (Å²) in [4.78, 5) is 25.5. The molecule has 0 spiro atoms. The second kappa shape index (κ2) is 4.40. The minimum absolute atomic E-state index is 0.00484. The molecule has 2 rings (SSSR count). The Hall–Kier alpha value is -2.50. The van der Waals surface area contributed by atoms with E-state index in [4.69, 9.17) is 4.74 Å². The van der Waals surface area contributed by atoms with Crippen LogP contribution in [0, 0.1) is 10.1 Å². The molecule has 0 fully saturated rings. The highest BCUT2D eigenvalue weighted by Gasteiger charge is 2.23. The zero-order valence-electron chi connectivity index (χ0n) is 9.84. The van der Waals surface area contributed by atoms with Gasteiger partial charge in [0.15, 0.2) is 11.6 Å². The van der Waals surface area contributed by atoms with E-state index in [1.807, 2.05) is 0 Å². The molecule has 1 aromatic carbocycles. The quantitative estimate of drug-likeness (QED) is 0.347. The second-order valence-electron chi connectivity index (χ2n) is 3.80. The lowest BCUT2D eigenvalue weighted by molar-refractivity contribution is -0.384. The number of benzene rings is 1. The summed E-state index contributed by atoms with van der Waals surface area (Å²) in [5, 5.41) is 10.5. The number of carbonyl (C=O) groups is 1. The van der Waals surface area contributed by atoms with Gasteiger partial charge in [0, 0.05) is 19.1 Å². The number of ether oxygens (including phenoxy) is 1. The van der Waals surface area contributed by atoms with Crippen LogP contribution in [0.3, 0.4) is 0 Å². The van der Waals surface area contributed by atoms with Gasteiger partial charge in [0.2, 0.25) is 0 Å². The molecule has 1 aliphatic heterocycles. The molecule has 0 atom stereocenters. The van der Waals surface area contributed by atoms with Crippen molar-refractivity contribution in [2.45, 2.75) is 13.8 Å². The van der Waals surface area contributed by atoms with Gasteiger partial charge in [-0.3, -0.25) is 10.1 Å². The monoisotopic (exact) mass is 246 g/mol. The average Bonchev–Trinajstić information content (AvgIpc) is 2.67. The number of hydrogen-bond donors (Lipinski definition) is 0. The number of allylic oxidation sites excluding steroid dienone is 1. The maximum atomic E-state index is 11.5. The fraction of sp³-hybridized carbons (Fsp3) is 0.167. The molecule has 0 amide bonds. The molecule has 1 heterocycles. The Morgan fingerprint density at radius 3 is 2.39 bits per heavy atom. The molecule has 1 aliphatic rings. The summed E-state index contributed by atoms with van der Waals surface area (Å²) >= 11 is 0. The number of esters is 1. The number of nitro groups is 1. The van der Waals surface area contributed by atoms with Crippen molar-refractivity contribution >= 4 is 23.1 Å². The molecule has 6 heteroatoms. The third kappa shape index (κ3) is 2.13. The molecule has 0 N–H and O–H groups in total. The lowest BCUT2D eigenvalue weighted by Gasteiger charge is -2.02. The van der Waals surface area contributed by atoms with E-state index < -0.39 is 10.9 Å². The smallest absolute Gasteiger partial charge is 0.363 e. The topological polar surface area (TPSA) is 81.8 Å². The first-order valence-corrected chi connectivity index (χ1v) is 5.22. The molecule has 6 nitrogen and oxygen atoms in total. The number of aliphatic imine (C=N–C) groups is 1. The first-order chi connectivity index (χ1) is 8.49. The average molecular weight is 246 g/mol. The van der Waals surface area contributed by atoms with Gasteiger partial charge in [-0.15, -0.1) is 0 Å². The van der Waals surface area contributed by atoms with E-state index in [9.17, 15) is 14.9 Å². The van der Waals surface area contributed by atoms with Crippen LogP contribution < -0.4 is 0 Å².